The maximum atomic E-state index is 12.9. The molecule has 0 bridgehead atoms. The zero-order valence-electron chi connectivity index (χ0n) is 14.8. The summed E-state index contributed by atoms with van der Waals surface area (Å²) in [6, 6.07) is 7.01. The van der Waals surface area contributed by atoms with Crippen LogP contribution in [0, 0.1) is 11.3 Å². The smallest absolute Gasteiger partial charge is 0.253 e. The van der Waals surface area contributed by atoms with Gasteiger partial charge in [0.2, 0.25) is 5.91 Å². The van der Waals surface area contributed by atoms with E-state index < -0.39 is 0 Å². The summed E-state index contributed by atoms with van der Waals surface area (Å²) in [7, 11) is 0. The second kappa shape index (κ2) is 7.34. The lowest BCUT2D eigenvalue weighted by molar-refractivity contribution is -0.130. The van der Waals surface area contributed by atoms with E-state index in [1.165, 1.54) is 0 Å². The van der Waals surface area contributed by atoms with E-state index in [0.29, 0.717) is 36.9 Å². The lowest BCUT2D eigenvalue weighted by Crippen LogP contribution is -2.46. The molecule has 0 aliphatic carbocycles. The van der Waals surface area contributed by atoms with Gasteiger partial charge >= 0.3 is 0 Å². The fourth-order valence-corrected chi connectivity index (χ4v) is 4.06. The van der Waals surface area contributed by atoms with Crippen LogP contribution in [0.25, 0.3) is 0 Å². The van der Waals surface area contributed by atoms with Gasteiger partial charge in [0.1, 0.15) is 0 Å². The summed E-state index contributed by atoms with van der Waals surface area (Å²) in [5.74, 6) is -0.180. The highest BCUT2D eigenvalue weighted by Gasteiger charge is 2.51. The van der Waals surface area contributed by atoms with Crippen LogP contribution in [0.4, 0.5) is 0 Å². The normalized spacial score (nSPS) is 22.4. The van der Waals surface area contributed by atoms with Gasteiger partial charge in [0.15, 0.2) is 0 Å². The Morgan fingerprint density at radius 1 is 1.24 bits per heavy atom. The molecule has 1 aromatic rings. The Labute approximate surface area is 153 Å². The van der Waals surface area contributed by atoms with Crippen LogP contribution in [0.2, 0.25) is 5.02 Å². The van der Waals surface area contributed by atoms with Crippen LogP contribution in [0.3, 0.4) is 0 Å². The Hall–Kier alpha value is -1.59. The molecule has 2 aliphatic heterocycles. The zero-order valence-corrected chi connectivity index (χ0v) is 15.5. The fraction of sp³-hybridized carbons (Fsp3) is 0.579. The van der Waals surface area contributed by atoms with Gasteiger partial charge in [0.25, 0.3) is 5.91 Å². The summed E-state index contributed by atoms with van der Waals surface area (Å²) in [6.45, 7) is 6.27. The average molecular weight is 365 g/mol. The lowest BCUT2D eigenvalue weighted by Gasteiger charge is -2.37. The van der Waals surface area contributed by atoms with Crippen LogP contribution in [0.5, 0.6) is 0 Å². The first-order chi connectivity index (χ1) is 11.9. The second-order valence-electron chi connectivity index (χ2n) is 7.38. The van der Waals surface area contributed by atoms with Gasteiger partial charge in [-0.15, -0.1) is 0 Å². The summed E-state index contributed by atoms with van der Waals surface area (Å²) in [6.07, 6.45) is 1.63. The molecule has 1 spiro atoms. The molecule has 0 radical (unpaired) electrons. The number of hydrogen-bond donors (Lipinski definition) is 1. The average Bonchev–Trinajstić information content (AvgIpc) is 2.94. The molecule has 0 aromatic heterocycles. The molecule has 2 heterocycles. The molecule has 1 aromatic carbocycles. The largest absolute Gasteiger partial charge is 0.381 e. The van der Waals surface area contributed by atoms with Crippen LogP contribution in [-0.4, -0.2) is 49.1 Å². The van der Waals surface area contributed by atoms with Gasteiger partial charge in [-0.25, -0.2) is 0 Å². The van der Waals surface area contributed by atoms with Gasteiger partial charge in [-0.2, -0.15) is 0 Å². The van der Waals surface area contributed by atoms with E-state index in [1.54, 1.807) is 24.3 Å². The molecule has 2 saturated heterocycles. The Bertz CT molecular complexity index is 639. The third-order valence-electron chi connectivity index (χ3n) is 5.26. The van der Waals surface area contributed by atoms with E-state index in [4.69, 9.17) is 16.3 Å². The minimum absolute atomic E-state index is 0.0395. The van der Waals surface area contributed by atoms with Crippen molar-refractivity contribution in [3.8, 4) is 0 Å². The molecule has 1 unspecified atom stereocenters. The molecule has 1 N–H and O–H groups in total. The highest BCUT2D eigenvalue weighted by molar-refractivity contribution is 6.30. The van der Waals surface area contributed by atoms with Gasteiger partial charge in [0.05, 0.1) is 5.92 Å². The summed E-state index contributed by atoms with van der Waals surface area (Å²) in [5.41, 5.74) is 0.427. The number of amides is 2. The summed E-state index contributed by atoms with van der Waals surface area (Å²) in [4.78, 5) is 27.5. The highest BCUT2D eigenvalue weighted by Crippen LogP contribution is 2.44. The predicted molar refractivity (Wildman–Crippen MR) is 96.6 cm³/mol. The first-order valence-electron chi connectivity index (χ1n) is 8.84. The molecule has 5 nitrogen and oxygen atoms in total. The number of ether oxygens (including phenoxy) is 1. The van der Waals surface area contributed by atoms with Gasteiger partial charge in [0, 0.05) is 48.3 Å². The maximum absolute atomic E-state index is 12.9. The predicted octanol–water partition coefficient (Wildman–Crippen LogP) is 2.73. The minimum Gasteiger partial charge on any atom is -0.381 e. The molecule has 6 heteroatoms. The van der Waals surface area contributed by atoms with Crippen molar-refractivity contribution in [2.24, 2.45) is 11.3 Å². The van der Waals surface area contributed by atoms with Gasteiger partial charge in [-0.05, 0) is 51.0 Å². The molecule has 0 saturated carbocycles. The van der Waals surface area contributed by atoms with Crippen LogP contribution in [0.15, 0.2) is 24.3 Å². The lowest BCUT2D eigenvalue weighted by atomic mass is 9.71. The standard InChI is InChI=1S/C19H25ClN2O3/c1-13(2)21-17(23)16-11-22(12-19(16)7-9-25-10-8-19)18(24)14-3-5-15(20)6-4-14/h3-6,13,16H,7-12H2,1-2H3,(H,21,23). The van der Waals surface area contributed by atoms with Crippen molar-refractivity contribution in [3.63, 3.8) is 0 Å². The Balaban J connectivity index is 1.82. The van der Waals surface area contributed by atoms with Crippen molar-refractivity contribution in [2.75, 3.05) is 26.3 Å². The van der Waals surface area contributed by atoms with E-state index in [2.05, 4.69) is 5.32 Å². The van der Waals surface area contributed by atoms with E-state index in [-0.39, 0.29) is 29.2 Å². The third-order valence-corrected chi connectivity index (χ3v) is 5.51. The Morgan fingerprint density at radius 2 is 1.88 bits per heavy atom. The van der Waals surface area contributed by atoms with Gasteiger partial charge < -0.3 is 15.0 Å². The summed E-state index contributed by atoms with van der Waals surface area (Å²) < 4.78 is 5.51. The summed E-state index contributed by atoms with van der Waals surface area (Å²) in [5, 5.41) is 3.63. The van der Waals surface area contributed by atoms with E-state index >= 15 is 0 Å². The van der Waals surface area contributed by atoms with Crippen molar-refractivity contribution in [1.29, 1.82) is 0 Å². The van der Waals surface area contributed by atoms with Crippen molar-refractivity contribution < 1.29 is 14.3 Å². The molecule has 2 fully saturated rings. The van der Waals surface area contributed by atoms with E-state index in [0.717, 1.165) is 12.8 Å². The number of likely N-dealkylation sites (tertiary alicyclic amines) is 1. The van der Waals surface area contributed by atoms with E-state index in [1.807, 2.05) is 18.7 Å². The number of halogens is 1. The number of benzene rings is 1. The highest BCUT2D eigenvalue weighted by atomic mass is 35.5. The van der Waals surface area contributed by atoms with Crippen LogP contribution >= 0.6 is 11.6 Å². The monoisotopic (exact) mass is 364 g/mol. The molecule has 2 amide bonds. The maximum Gasteiger partial charge on any atom is 0.253 e. The Morgan fingerprint density at radius 3 is 2.48 bits per heavy atom. The van der Waals surface area contributed by atoms with Gasteiger partial charge in [-0.1, -0.05) is 11.6 Å². The SMILES string of the molecule is CC(C)NC(=O)C1CN(C(=O)c2ccc(Cl)cc2)CC12CCOCC2. The third kappa shape index (κ3) is 3.82. The minimum atomic E-state index is -0.185. The number of nitrogens with one attached hydrogen (secondary N) is 1. The topological polar surface area (TPSA) is 58.6 Å². The molecule has 1 atom stereocenters. The number of carbonyl (C=O) groups excluding carboxylic acids is 2. The number of carbonyl (C=O) groups is 2. The van der Waals surface area contributed by atoms with Crippen LogP contribution in [0.1, 0.15) is 37.0 Å². The first-order valence-corrected chi connectivity index (χ1v) is 9.22. The Kier molecular flexibility index (Phi) is 5.35. The number of hydrogen-bond acceptors (Lipinski definition) is 3. The molecule has 3 rings (SSSR count). The summed E-state index contributed by atoms with van der Waals surface area (Å²) >= 11 is 5.91. The number of nitrogens with zero attached hydrogens (tertiary/aromatic N) is 1. The molecule has 136 valence electrons. The van der Waals surface area contributed by atoms with Gasteiger partial charge in [-0.3, -0.25) is 9.59 Å². The van der Waals surface area contributed by atoms with Crippen LogP contribution in [-0.2, 0) is 9.53 Å². The molecule has 2 aliphatic rings. The molecule has 25 heavy (non-hydrogen) atoms. The van der Waals surface area contributed by atoms with Crippen molar-refractivity contribution in [3.05, 3.63) is 34.9 Å². The van der Waals surface area contributed by atoms with Crippen LogP contribution < -0.4 is 5.32 Å². The number of rotatable bonds is 3. The molecular weight excluding hydrogens is 340 g/mol. The van der Waals surface area contributed by atoms with E-state index in [9.17, 15) is 9.59 Å². The van der Waals surface area contributed by atoms with Crippen molar-refractivity contribution in [2.45, 2.75) is 32.7 Å². The zero-order chi connectivity index (χ0) is 18.0. The fourth-order valence-electron chi connectivity index (χ4n) is 3.93. The van der Waals surface area contributed by atoms with Crippen molar-refractivity contribution >= 4 is 23.4 Å². The molecular formula is C19H25ClN2O3. The quantitative estimate of drug-likeness (QED) is 0.897. The second-order valence-corrected chi connectivity index (χ2v) is 7.82. The van der Waals surface area contributed by atoms with Crippen molar-refractivity contribution in [1.82, 2.24) is 10.2 Å². The first kappa shape index (κ1) is 18.2.